The Morgan fingerprint density at radius 3 is 2.65 bits per heavy atom. The van der Waals surface area contributed by atoms with Gasteiger partial charge in [-0.15, -0.1) is 0 Å². The molecular weight excluding hydrogens is 569 g/mol. The molecule has 0 fully saturated rings. The number of guanidine groups is 1. The number of anilines is 2. The average molecular weight is 601 g/mol. The third kappa shape index (κ3) is 7.37. The van der Waals surface area contributed by atoms with E-state index in [0.717, 1.165) is 5.56 Å². The van der Waals surface area contributed by atoms with E-state index in [2.05, 4.69) is 41.4 Å². The van der Waals surface area contributed by atoms with Gasteiger partial charge in [-0.05, 0) is 36.6 Å². The highest BCUT2D eigenvalue weighted by atomic mass is 19.4. The van der Waals surface area contributed by atoms with Crippen LogP contribution in [0.15, 0.2) is 43.0 Å². The fourth-order valence-corrected chi connectivity index (χ4v) is 4.27. The highest BCUT2D eigenvalue weighted by molar-refractivity contribution is 5.96. The van der Waals surface area contributed by atoms with Gasteiger partial charge in [0.05, 0.1) is 17.5 Å². The van der Waals surface area contributed by atoms with Crippen molar-refractivity contribution in [2.24, 2.45) is 11.5 Å². The molecule has 1 aromatic carbocycles. The number of nitrogens with two attached hydrogens (primary N) is 2. The Bertz CT molecular complexity index is 1610. The molecule has 0 spiro atoms. The number of hydrogen-bond acceptors (Lipinski definition) is 8. The minimum Gasteiger partial charge on any atom is -0.370 e. The van der Waals surface area contributed by atoms with Crippen LogP contribution in [0.4, 0.5) is 24.7 Å². The van der Waals surface area contributed by atoms with E-state index < -0.39 is 23.8 Å². The predicted octanol–water partition coefficient (Wildman–Crippen LogP) is 1.49. The fraction of sp³-hybridized carbons (Fsp3) is 0.308. The first-order valence-electron chi connectivity index (χ1n) is 13.2. The van der Waals surface area contributed by atoms with E-state index >= 15 is 0 Å². The number of aromatic amines is 1. The van der Waals surface area contributed by atoms with Crippen molar-refractivity contribution in [1.82, 2.24) is 40.5 Å². The van der Waals surface area contributed by atoms with Gasteiger partial charge < -0.3 is 32.7 Å². The molecule has 4 rings (SSSR count). The highest BCUT2D eigenvalue weighted by Crippen LogP contribution is 2.36. The van der Waals surface area contributed by atoms with E-state index in [1.54, 1.807) is 18.2 Å². The number of rotatable bonds is 12. The second-order valence-electron chi connectivity index (χ2n) is 9.41. The zero-order chi connectivity index (χ0) is 31.1. The molecule has 3 aromatic heterocycles. The molecule has 0 aliphatic rings. The molecule has 3 heterocycles. The lowest BCUT2D eigenvalue weighted by atomic mass is 10.0. The maximum absolute atomic E-state index is 13.4. The third-order valence-electron chi connectivity index (χ3n) is 6.39. The number of benzene rings is 1. The number of aryl methyl sites for hydroxylation is 1. The topological polar surface area (TPSA) is 217 Å². The Balaban J connectivity index is 1.38. The number of imidazole rings is 1. The van der Waals surface area contributed by atoms with Gasteiger partial charge in [0.1, 0.15) is 6.04 Å². The molecule has 0 bridgehead atoms. The lowest BCUT2D eigenvalue weighted by molar-refractivity contribution is -0.140. The van der Waals surface area contributed by atoms with Crippen LogP contribution < -0.4 is 32.7 Å². The Labute approximate surface area is 243 Å². The summed E-state index contributed by atoms with van der Waals surface area (Å²) in [5, 5.41) is 23.8. The first-order valence-corrected chi connectivity index (χ1v) is 13.2. The van der Waals surface area contributed by atoms with E-state index in [1.807, 2.05) is 6.92 Å². The van der Waals surface area contributed by atoms with Gasteiger partial charge in [-0.1, -0.05) is 6.92 Å². The number of alkyl halides is 3. The second-order valence-corrected chi connectivity index (χ2v) is 9.41. The number of aromatic nitrogens is 5. The first-order chi connectivity index (χ1) is 20.5. The van der Waals surface area contributed by atoms with Crippen LogP contribution >= 0.6 is 0 Å². The number of H-pyrrole nitrogens is 1. The number of nitrogens with zero attached hydrogens (tertiary/aromatic N) is 4. The summed E-state index contributed by atoms with van der Waals surface area (Å²) < 4.78 is 41.7. The van der Waals surface area contributed by atoms with Crippen molar-refractivity contribution in [2.45, 2.75) is 32.0 Å². The van der Waals surface area contributed by atoms with Crippen LogP contribution in [0.3, 0.4) is 0 Å². The van der Waals surface area contributed by atoms with Gasteiger partial charge in [-0.25, -0.2) is 9.97 Å². The summed E-state index contributed by atoms with van der Waals surface area (Å²) in [5.74, 6) is -0.653. The van der Waals surface area contributed by atoms with Crippen molar-refractivity contribution < 1.29 is 22.8 Å². The number of amides is 2. The highest BCUT2D eigenvalue weighted by Gasteiger charge is 2.37. The first kappa shape index (κ1) is 30.8. The van der Waals surface area contributed by atoms with Crippen molar-refractivity contribution >= 4 is 34.9 Å². The average Bonchev–Trinajstić information content (AvgIpc) is 3.63. The monoisotopic (exact) mass is 600 g/mol. The predicted molar refractivity (Wildman–Crippen MR) is 153 cm³/mol. The summed E-state index contributed by atoms with van der Waals surface area (Å²) in [7, 11) is 0. The number of carbonyl (C=O) groups excluding carboxylic acids is 2. The van der Waals surface area contributed by atoms with E-state index in [0.29, 0.717) is 48.6 Å². The lowest BCUT2D eigenvalue weighted by Crippen LogP contribution is -2.49. The molecule has 43 heavy (non-hydrogen) atoms. The van der Waals surface area contributed by atoms with Crippen molar-refractivity contribution in [1.29, 1.82) is 5.41 Å². The molecule has 4 aromatic rings. The van der Waals surface area contributed by atoms with Crippen molar-refractivity contribution in [3.63, 3.8) is 0 Å². The summed E-state index contributed by atoms with van der Waals surface area (Å²) in [6.07, 6.45) is 1.81. The van der Waals surface area contributed by atoms with Gasteiger partial charge in [-0.2, -0.15) is 18.3 Å². The molecule has 0 saturated heterocycles. The SMILES string of the molecule is CCc1cc(Nc2nccn3c(-c4c[nH]nc4C(F)(F)F)cnc23)ccc1C(=O)NCCCNC(=O)C(N)CNC(=N)N. The zero-order valence-electron chi connectivity index (χ0n) is 23.0. The van der Waals surface area contributed by atoms with Crippen LogP contribution in [0, 0.1) is 5.41 Å². The quantitative estimate of drug-likeness (QED) is 0.0670. The molecule has 0 radical (unpaired) electrons. The van der Waals surface area contributed by atoms with E-state index in [1.165, 1.54) is 29.2 Å². The maximum Gasteiger partial charge on any atom is 0.435 e. The summed E-state index contributed by atoms with van der Waals surface area (Å²) in [6, 6.07) is 4.28. The van der Waals surface area contributed by atoms with Crippen molar-refractivity contribution in [3.8, 4) is 11.3 Å². The van der Waals surface area contributed by atoms with Crippen LogP contribution in [0.25, 0.3) is 16.9 Å². The second kappa shape index (κ2) is 13.2. The largest absolute Gasteiger partial charge is 0.435 e. The molecular formula is C26H31F3N12O2. The molecule has 0 aliphatic carbocycles. The van der Waals surface area contributed by atoms with Gasteiger partial charge in [-0.3, -0.25) is 24.5 Å². The molecule has 0 saturated carbocycles. The minimum atomic E-state index is -4.64. The van der Waals surface area contributed by atoms with E-state index in [9.17, 15) is 22.8 Å². The van der Waals surface area contributed by atoms with Gasteiger partial charge in [0.25, 0.3) is 5.91 Å². The summed E-state index contributed by atoms with van der Waals surface area (Å²) in [5.41, 5.74) is 12.0. The van der Waals surface area contributed by atoms with Gasteiger partial charge >= 0.3 is 6.18 Å². The normalized spacial score (nSPS) is 12.1. The summed E-state index contributed by atoms with van der Waals surface area (Å²) >= 11 is 0. The Morgan fingerprint density at radius 2 is 1.93 bits per heavy atom. The zero-order valence-corrected chi connectivity index (χ0v) is 23.0. The number of halogens is 3. The molecule has 10 N–H and O–H groups in total. The summed E-state index contributed by atoms with van der Waals surface area (Å²) in [6.45, 7) is 2.54. The van der Waals surface area contributed by atoms with E-state index in [4.69, 9.17) is 16.9 Å². The minimum absolute atomic E-state index is 0.0327. The molecule has 0 aliphatic heterocycles. The van der Waals surface area contributed by atoms with Gasteiger partial charge in [0.15, 0.2) is 23.1 Å². The molecule has 1 unspecified atom stereocenters. The molecule has 2 amide bonds. The lowest BCUT2D eigenvalue weighted by Gasteiger charge is -2.14. The van der Waals surface area contributed by atoms with Crippen molar-refractivity contribution in [3.05, 3.63) is 59.8 Å². The van der Waals surface area contributed by atoms with Gasteiger partial charge in [0, 0.05) is 49.5 Å². The third-order valence-corrected chi connectivity index (χ3v) is 6.39. The maximum atomic E-state index is 13.4. The summed E-state index contributed by atoms with van der Waals surface area (Å²) in [4.78, 5) is 33.4. The molecule has 228 valence electrons. The Hall–Kier alpha value is -5.19. The number of carbonyl (C=O) groups is 2. The Kier molecular flexibility index (Phi) is 9.44. The molecule has 17 heteroatoms. The number of nitrogens with one attached hydrogen (secondary N) is 6. The van der Waals surface area contributed by atoms with Crippen molar-refractivity contribution in [2.75, 3.05) is 25.0 Å². The molecule has 1 atom stereocenters. The van der Waals surface area contributed by atoms with E-state index in [-0.39, 0.29) is 29.7 Å². The smallest absolute Gasteiger partial charge is 0.370 e. The standard InChI is InChI=1S/C26H31F3N12O2/c1-2-14-10-15(4-5-16(14)23(42)34-6-3-7-35-24(43)18(30)12-37-25(31)32)39-21-22-36-13-19(41(22)9-8-33-21)17-11-38-40-20(17)26(27,28)29/h4-5,8-11,13,18H,2-3,6-7,12,30H2,1H3,(H,33,39)(H,34,42)(H,35,43)(H,38,40)(H4,31,32,37). The number of hydrogen-bond donors (Lipinski definition) is 8. The van der Waals surface area contributed by atoms with Crippen LogP contribution in [0.2, 0.25) is 0 Å². The van der Waals surface area contributed by atoms with Crippen LogP contribution in [0.1, 0.15) is 35.0 Å². The number of fused-ring (bicyclic) bond motifs is 1. The fourth-order valence-electron chi connectivity index (χ4n) is 4.27. The Morgan fingerprint density at radius 1 is 1.16 bits per heavy atom. The van der Waals surface area contributed by atoms with Gasteiger partial charge in [0.2, 0.25) is 5.91 Å². The van der Waals surface area contributed by atoms with Crippen LogP contribution in [-0.4, -0.2) is 68.0 Å². The van der Waals surface area contributed by atoms with Crippen LogP contribution in [0.5, 0.6) is 0 Å². The molecule has 14 nitrogen and oxygen atoms in total. The van der Waals surface area contributed by atoms with Crippen LogP contribution in [-0.2, 0) is 17.4 Å².